The Balaban J connectivity index is 1.78. The molecule has 0 spiro atoms. The van der Waals surface area contributed by atoms with Gasteiger partial charge in [-0.1, -0.05) is 12.8 Å². The average Bonchev–Trinajstić information content (AvgIpc) is 3.37. The van der Waals surface area contributed by atoms with Crippen LogP contribution in [0.1, 0.15) is 49.7 Å². The largest absolute Gasteiger partial charge is 0.497 e. The molecule has 0 aromatic heterocycles. The van der Waals surface area contributed by atoms with E-state index in [0.717, 1.165) is 31.2 Å². The number of nitrogens with one attached hydrogen (secondary N) is 1. The molecule has 2 N–H and O–H groups in total. The van der Waals surface area contributed by atoms with E-state index in [1.807, 2.05) is 6.92 Å². The summed E-state index contributed by atoms with van der Waals surface area (Å²) in [5, 5.41) is 13.1. The van der Waals surface area contributed by atoms with Crippen molar-refractivity contribution in [2.24, 2.45) is 0 Å². The maximum absolute atomic E-state index is 15.9. The first-order valence-electron chi connectivity index (χ1n) is 12.1. The van der Waals surface area contributed by atoms with Gasteiger partial charge in [-0.05, 0) is 54.7 Å². The maximum atomic E-state index is 15.9. The standard InChI is InChI=1S/C27H34FNO6/c1-17-22(14-21(32-2)15-24(17)33-3)25-18(16-35-20-6-4-5-7-20)12-19(13-23(25)28)29-27(26(30)31)8-10-34-11-9-27/h12-15,20,29H,4-11,16H2,1-3H3,(H,30,31). The number of carboxylic acid groups (broad SMARTS) is 1. The smallest absolute Gasteiger partial charge is 0.329 e. The number of benzene rings is 2. The average molecular weight is 488 g/mol. The molecule has 190 valence electrons. The van der Waals surface area contributed by atoms with Gasteiger partial charge in [0.15, 0.2) is 0 Å². The van der Waals surface area contributed by atoms with Gasteiger partial charge in [0, 0.05) is 43.4 Å². The molecule has 2 aromatic carbocycles. The Morgan fingerprint density at radius 3 is 2.49 bits per heavy atom. The number of ether oxygens (including phenoxy) is 4. The number of hydrogen-bond acceptors (Lipinski definition) is 6. The van der Waals surface area contributed by atoms with Crippen LogP contribution in [0.3, 0.4) is 0 Å². The van der Waals surface area contributed by atoms with Gasteiger partial charge in [-0.2, -0.15) is 0 Å². The monoisotopic (exact) mass is 487 g/mol. The lowest BCUT2D eigenvalue weighted by Crippen LogP contribution is -2.50. The van der Waals surface area contributed by atoms with E-state index in [2.05, 4.69) is 5.32 Å². The van der Waals surface area contributed by atoms with E-state index < -0.39 is 17.3 Å². The van der Waals surface area contributed by atoms with Crippen LogP contribution in [0, 0.1) is 12.7 Å². The lowest BCUT2D eigenvalue weighted by molar-refractivity contribution is -0.145. The van der Waals surface area contributed by atoms with E-state index in [0.29, 0.717) is 59.9 Å². The zero-order valence-electron chi connectivity index (χ0n) is 20.6. The Morgan fingerprint density at radius 2 is 1.86 bits per heavy atom. The van der Waals surface area contributed by atoms with Gasteiger partial charge in [0.05, 0.1) is 26.9 Å². The molecule has 2 aliphatic rings. The lowest BCUT2D eigenvalue weighted by atomic mass is 9.89. The molecular weight excluding hydrogens is 453 g/mol. The van der Waals surface area contributed by atoms with Crippen molar-refractivity contribution in [1.29, 1.82) is 0 Å². The van der Waals surface area contributed by atoms with Crippen molar-refractivity contribution in [1.82, 2.24) is 0 Å². The van der Waals surface area contributed by atoms with Gasteiger partial charge in [-0.25, -0.2) is 9.18 Å². The van der Waals surface area contributed by atoms with E-state index >= 15 is 4.39 Å². The molecule has 1 saturated carbocycles. The molecular formula is C27H34FNO6. The number of halogens is 1. The van der Waals surface area contributed by atoms with E-state index in [1.54, 1.807) is 32.4 Å². The minimum atomic E-state index is -1.20. The van der Waals surface area contributed by atoms with Gasteiger partial charge in [0.1, 0.15) is 22.9 Å². The summed E-state index contributed by atoms with van der Waals surface area (Å²) in [6, 6.07) is 6.72. The summed E-state index contributed by atoms with van der Waals surface area (Å²) in [5.41, 5.74) is 1.68. The Morgan fingerprint density at radius 1 is 1.14 bits per heavy atom. The molecule has 2 fully saturated rings. The summed E-state index contributed by atoms with van der Waals surface area (Å²) >= 11 is 0. The Kier molecular flexibility index (Phi) is 7.82. The van der Waals surface area contributed by atoms with Crippen molar-refractivity contribution < 1.29 is 33.2 Å². The molecule has 0 amide bonds. The number of hydrogen-bond donors (Lipinski definition) is 2. The quantitative estimate of drug-likeness (QED) is 0.495. The van der Waals surface area contributed by atoms with Gasteiger partial charge in [0.25, 0.3) is 0 Å². The topological polar surface area (TPSA) is 86.3 Å². The molecule has 0 atom stereocenters. The highest BCUT2D eigenvalue weighted by Crippen LogP contribution is 2.40. The minimum Gasteiger partial charge on any atom is -0.497 e. The Labute approximate surface area is 205 Å². The SMILES string of the molecule is COc1cc(OC)c(C)c(-c2c(F)cc(NC3(C(=O)O)CCOCC3)cc2COC2CCCC2)c1. The molecule has 35 heavy (non-hydrogen) atoms. The Bertz CT molecular complexity index is 1060. The van der Waals surface area contributed by atoms with E-state index in [4.69, 9.17) is 18.9 Å². The third-order valence-corrected chi connectivity index (χ3v) is 7.15. The Hall–Kier alpha value is -2.84. The van der Waals surface area contributed by atoms with Crippen LogP contribution >= 0.6 is 0 Å². The van der Waals surface area contributed by atoms with Crippen LogP contribution in [0.4, 0.5) is 10.1 Å². The van der Waals surface area contributed by atoms with Crippen LogP contribution in [-0.2, 0) is 20.9 Å². The minimum absolute atomic E-state index is 0.143. The maximum Gasteiger partial charge on any atom is 0.329 e. The van der Waals surface area contributed by atoms with Gasteiger partial charge < -0.3 is 29.4 Å². The van der Waals surface area contributed by atoms with Crippen LogP contribution in [0.5, 0.6) is 11.5 Å². The predicted octanol–water partition coefficient (Wildman–Crippen LogP) is 5.32. The molecule has 0 radical (unpaired) electrons. The zero-order chi connectivity index (χ0) is 25.0. The highest BCUT2D eigenvalue weighted by atomic mass is 19.1. The summed E-state index contributed by atoms with van der Waals surface area (Å²) < 4.78 is 38.4. The van der Waals surface area contributed by atoms with Crippen LogP contribution in [0.25, 0.3) is 11.1 Å². The summed E-state index contributed by atoms with van der Waals surface area (Å²) in [5.74, 6) is -0.289. The summed E-state index contributed by atoms with van der Waals surface area (Å²) in [6.45, 7) is 2.76. The van der Waals surface area contributed by atoms with Crippen LogP contribution in [-0.4, -0.2) is 50.2 Å². The van der Waals surface area contributed by atoms with Crippen molar-refractivity contribution in [3.05, 3.63) is 41.2 Å². The fourth-order valence-electron chi connectivity index (χ4n) is 5.05. The van der Waals surface area contributed by atoms with Crippen molar-refractivity contribution in [2.45, 2.75) is 63.7 Å². The van der Waals surface area contributed by atoms with Crippen molar-refractivity contribution in [3.8, 4) is 22.6 Å². The molecule has 0 bridgehead atoms. The summed E-state index contributed by atoms with van der Waals surface area (Å²) in [7, 11) is 3.12. The van der Waals surface area contributed by atoms with Gasteiger partial charge in [0.2, 0.25) is 0 Å². The second-order valence-corrected chi connectivity index (χ2v) is 9.34. The molecule has 0 unspecified atom stereocenters. The normalized spacial score (nSPS) is 17.8. The summed E-state index contributed by atoms with van der Waals surface area (Å²) in [4.78, 5) is 12.2. The lowest BCUT2D eigenvalue weighted by Gasteiger charge is -2.35. The predicted molar refractivity (Wildman–Crippen MR) is 131 cm³/mol. The van der Waals surface area contributed by atoms with Crippen molar-refractivity contribution in [3.63, 3.8) is 0 Å². The number of aliphatic carboxylic acids is 1. The molecule has 2 aromatic rings. The molecule has 8 heteroatoms. The molecule has 1 saturated heterocycles. The highest BCUT2D eigenvalue weighted by Gasteiger charge is 2.40. The first kappa shape index (κ1) is 25.3. The number of rotatable bonds is 9. The van der Waals surface area contributed by atoms with Gasteiger partial charge in [-0.15, -0.1) is 0 Å². The van der Waals surface area contributed by atoms with E-state index in [1.165, 1.54) is 6.07 Å². The zero-order valence-corrected chi connectivity index (χ0v) is 20.6. The highest BCUT2D eigenvalue weighted by molar-refractivity contribution is 5.84. The summed E-state index contributed by atoms with van der Waals surface area (Å²) in [6.07, 6.45) is 4.97. The first-order chi connectivity index (χ1) is 16.9. The van der Waals surface area contributed by atoms with Crippen molar-refractivity contribution in [2.75, 3.05) is 32.8 Å². The van der Waals surface area contributed by atoms with Crippen LogP contribution in [0.15, 0.2) is 24.3 Å². The third-order valence-electron chi connectivity index (χ3n) is 7.15. The van der Waals surface area contributed by atoms with E-state index in [9.17, 15) is 9.90 Å². The fraction of sp³-hybridized carbons (Fsp3) is 0.519. The van der Waals surface area contributed by atoms with E-state index in [-0.39, 0.29) is 12.7 Å². The molecule has 4 rings (SSSR count). The molecule has 1 aliphatic heterocycles. The fourth-order valence-corrected chi connectivity index (χ4v) is 5.05. The van der Waals surface area contributed by atoms with Crippen LogP contribution in [0.2, 0.25) is 0 Å². The number of carbonyl (C=O) groups is 1. The van der Waals surface area contributed by atoms with Crippen molar-refractivity contribution >= 4 is 11.7 Å². The third kappa shape index (κ3) is 5.38. The molecule has 1 heterocycles. The first-order valence-corrected chi connectivity index (χ1v) is 12.1. The van der Waals surface area contributed by atoms with Gasteiger partial charge >= 0.3 is 5.97 Å². The number of carboxylic acids is 1. The number of methoxy groups -OCH3 is 2. The second kappa shape index (κ2) is 10.8. The molecule has 1 aliphatic carbocycles. The molecule has 7 nitrogen and oxygen atoms in total. The second-order valence-electron chi connectivity index (χ2n) is 9.34. The number of anilines is 1. The van der Waals surface area contributed by atoms with Gasteiger partial charge in [-0.3, -0.25) is 0 Å². The van der Waals surface area contributed by atoms with Crippen LogP contribution < -0.4 is 14.8 Å².